The number of carbonyl (C=O) groups excluding carboxylic acids is 3. The van der Waals surface area contributed by atoms with Gasteiger partial charge in [0.05, 0.1) is 13.2 Å². The summed E-state index contributed by atoms with van der Waals surface area (Å²) >= 11 is 0. The second-order valence-corrected chi connectivity index (χ2v) is 7.04. The largest absolute Gasteiger partial charge is 0.465 e. The molecule has 0 aromatic carbocycles. The number of rotatable bonds is 12. The number of alkyl carbamates (subject to hydrolysis) is 1. The van der Waals surface area contributed by atoms with Crippen molar-refractivity contribution in [3.05, 3.63) is 0 Å². The Morgan fingerprint density at radius 2 is 1.35 bits per heavy atom. The Bertz CT molecular complexity index is 412. The normalized spacial score (nSPS) is 11.2. The molecule has 0 spiro atoms. The summed E-state index contributed by atoms with van der Waals surface area (Å²) in [6.45, 7) is 9.98. The van der Waals surface area contributed by atoms with Gasteiger partial charge in [0.25, 0.3) is 0 Å². The lowest BCUT2D eigenvalue weighted by Crippen LogP contribution is -2.32. The molecule has 0 atom stereocenters. The van der Waals surface area contributed by atoms with Crippen molar-refractivity contribution in [2.75, 3.05) is 19.8 Å². The fourth-order valence-electron chi connectivity index (χ4n) is 2.33. The van der Waals surface area contributed by atoms with Gasteiger partial charge in [-0.1, -0.05) is 25.7 Å². The highest BCUT2D eigenvalue weighted by Gasteiger charge is 2.28. The monoisotopic (exact) mass is 373 g/mol. The van der Waals surface area contributed by atoms with Gasteiger partial charge in [0.2, 0.25) is 0 Å². The van der Waals surface area contributed by atoms with E-state index in [1.807, 2.05) is 20.8 Å². The molecule has 0 rings (SSSR count). The molecular weight excluding hydrogens is 338 g/mol. The van der Waals surface area contributed by atoms with Crippen LogP contribution in [0, 0.1) is 5.92 Å². The molecule has 0 heterocycles. The second kappa shape index (κ2) is 13.4. The van der Waals surface area contributed by atoms with Gasteiger partial charge in [0, 0.05) is 6.54 Å². The summed E-state index contributed by atoms with van der Waals surface area (Å²) in [6, 6.07) is 0. The average molecular weight is 373 g/mol. The quantitative estimate of drug-likeness (QED) is 0.243. The molecule has 0 aliphatic carbocycles. The molecule has 0 saturated carbocycles. The van der Waals surface area contributed by atoms with Gasteiger partial charge in [-0.2, -0.15) is 0 Å². The van der Waals surface area contributed by atoms with E-state index in [2.05, 4.69) is 5.32 Å². The van der Waals surface area contributed by atoms with Crippen LogP contribution in [0.3, 0.4) is 0 Å². The van der Waals surface area contributed by atoms with Gasteiger partial charge in [-0.05, 0) is 47.5 Å². The van der Waals surface area contributed by atoms with Gasteiger partial charge in [0.15, 0.2) is 5.92 Å². The highest BCUT2D eigenvalue weighted by Crippen LogP contribution is 2.15. The third-order valence-electron chi connectivity index (χ3n) is 3.48. The van der Waals surface area contributed by atoms with Crippen molar-refractivity contribution >= 4 is 18.0 Å². The third kappa shape index (κ3) is 12.6. The zero-order valence-corrected chi connectivity index (χ0v) is 16.9. The number of ether oxygens (including phenoxy) is 3. The molecule has 7 heteroatoms. The number of nitrogens with one attached hydrogen (secondary N) is 1. The van der Waals surface area contributed by atoms with E-state index in [9.17, 15) is 14.4 Å². The molecule has 26 heavy (non-hydrogen) atoms. The summed E-state index contributed by atoms with van der Waals surface area (Å²) in [5.74, 6) is -1.84. The van der Waals surface area contributed by atoms with E-state index in [1.54, 1.807) is 13.8 Å². The van der Waals surface area contributed by atoms with Crippen LogP contribution >= 0.6 is 0 Å². The van der Waals surface area contributed by atoms with Crippen molar-refractivity contribution < 1.29 is 28.6 Å². The maximum absolute atomic E-state index is 11.9. The number of carbonyl (C=O) groups is 3. The smallest absolute Gasteiger partial charge is 0.407 e. The van der Waals surface area contributed by atoms with Crippen LogP contribution < -0.4 is 5.32 Å². The standard InChI is InChI=1S/C19H35NO6/c1-6-24-16(21)15(17(22)25-7-2)13-11-9-8-10-12-14-20-18(23)26-19(3,4)5/h15H,6-14H2,1-5H3,(H,20,23). The van der Waals surface area contributed by atoms with Crippen LogP contribution in [0.1, 0.15) is 73.1 Å². The highest BCUT2D eigenvalue weighted by atomic mass is 16.6. The van der Waals surface area contributed by atoms with Crippen molar-refractivity contribution in [2.45, 2.75) is 78.7 Å². The summed E-state index contributed by atoms with van der Waals surface area (Å²) in [5.41, 5.74) is -0.488. The molecule has 0 radical (unpaired) electrons. The number of hydrogen-bond donors (Lipinski definition) is 1. The molecule has 0 aliphatic heterocycles. The van der Waals surface area contributed by atoms with Crippen LogP contribution in [0.5, 0.6) is 0 Å². The maximum atomic E-state index is 11.9. The van der Waals surface area contributed by atoms with Gasteiger partial charge >= 0.3 is 18.0 Å². The average Bonchev–Trinajstić information content (AvgIpc) is 2.52. The lowest BCUT2D eigenvalue weighted by molar-refractivity contribution is -0.161. The molecule has 0 saturated heterocycles. The predicted molar refractivity (Wildman–Crippen MR) is 98.7 cm³/mol. The Balaban J connectivity index is 3.89. The van der Waals surface area contributed by atoms with Crippen molar-refractivity contribution in [2.24, 2.45) is 5.92 Å². The molecule has 0 aliphatic rings. The first-order valence-corrected chi connectivity index (χ1v) is 9.51. The summed E-state index contributed by atoms with van der Waals surface area (Å²) in [5, 5.41) is 2.72. The fraction of sp³-hybridized carbons (Fsp3) is 0.842. The molecule has 7 nitrogen and oxygen atoms in total. The molecular formula is C19H35NO6. The Morgan fingerprint density at radius 3 is 1.85 bits per heavy atom. The summed E-state index contributed by atoms with van der Waals surface area (Å²) in [4.78, 5) is 35.2. The first-order chi connectivity index (χ1) is 12.2. The minimum Gasteiger partial charge on any atom is -0.465 e. The molecule has 1 N–H and O–H groups in total. The van der Waals surface area contributed by atoms with Gasteiger partial charge in [-0.3, -0.25) is 9.59 Å². The number of hydrogen-bond acceptors (Lipinski definition) is 6. The van der Waals surface area contributed by atoms with Crippen LogP contribution in [0.25, 0.3) is 0 Å². The van der Waals surface area contributed by atoms with E-state index in [-0.39, 0.29) is 13.2 Å². The van der Waals surface area contributed by atoms with Crippen LogP contribution in [0.4, 0.5) is 4.79 Å². The Morgan fingerprint density at radius 1 is 0.846 bits per heavy atom. The Kier molecular flexibility index (Phi) is 12.5. The lowest BCUT2D eigenvalue weighted by Gasteiger charge is -2.19. The van der Waals surface area contributed by atoms with E-state index < -0.39 is 29.6 Å². The zero-order valence-electron chi connectivity index (χ0n) is 16.9. The van der Waals surface area contributed by atoms with E-state index in [4.69, 9.17) is 14.2 Å². The zero-order chi connectivity index (χ0) is 20.0. The van der Waals surface area contributed by atoms with E-state index in [1.165, 1.54) is 0 Å². The van der Waals surface area contributed by atoms with Crippen LogP contribution in [0.2, 0.25) is 0 Å². The second-order valence-electron chi connectivity index (χ2n) is 7.04. The maximum Gasteiger partial charge on any atom is 0.407 e. The minimum atomic E-state index is -0.830. The van der Waals surface area contributed by atoms with Crippen LogP contribution in [-0.2, 0) is 23.8 Å². The first-order valence-electron chi connectivity index (χ1n) is 9.51. The molecule has 0 bridgehead atoms. The number of amides is 1. The predicted octanol–water partition coefficient (Wildman–Crippen LogP) is 3.59. The van der Waals surface area contributed by atoms with Gasteiger partial charge in [-0.15, -0.1) is 0 Å². The highest BCUT2D eigenvalue weighted by molar-refractivity contribution is 5.94. The number of esters is 2. The SMILES string of the molecule is CCOC(=O)C(CCCCCCCNC(=O)OC(C)(C)C)C(=O)OCC. The summed E-state index contributed by atoms with van der Waals surface area (Å²) < 4.78 is 15.0. The molecule has 152 valence electrons. The van der Waals surface area contributed by atoms with Crippen molar-refractivity contribution in [3.63, 3.8) is 0 Å². The van der Waals surface area contributed by atoms with E-state index in [0.717, 1.165) is 32.1 Å². The molecule has 0 aromatic heterocycles. The van der Waals surface area contributed by atoms with Gasteiger partial charge in [0.1, 0.15) is 5.60 Å². The van der Waals surface area contributed by atoms with Crippen molar-refractivity contribution in [3.8, 4) is 0 Å². The summed E-state index contributed by atoms with van der Waals surface area (Å²) in [6.07, 6.45) is 4.48. The molecule has 0 aromatic rings. The van der Waals surface area contributed by atoms with Crippen LogP contribution in [-0.4, -0.2) is 43.4 Å². The van der Waals surface area contributed by atoms with E-state index in [0.29, 0.717) is 13.0 Å². The molecule has 0 unspecified atom stereocenters. The van der Waals surface area contributed by atoms with Crippen molar-refractivity contribution in [1.29, 1.82) is 0 Å². The first kappa shape index (κ1) is 24.2. The summed E-state index contributed by atoms with van der Waals surface area (Å²) in [7, 11) is 0. The van der Waals surface area contributed by atoms with E-state index >= 15 is 0 Å². The molecule has 1 amide bonds. The van der Waals surface area contributed by atoms with Crippen molar-refractivity contribution in [1.82, 2.24) is 5.32 Å². The lowest BCUT2D eigenvalue weighted by atomic mass is 10.0. The number of unbranched alkanes of at least 4 members (excludes halogenated alkanes) is 4. The topological polar surface area (TPSA) is 90.9 Å². The third-order valence-corrected chi connectivity index (χ3v) is 3.48. The van der Waals surface area contributed by atoms with Crippen LogP contribution in [0.15, 0.2) is 0 Å². The van der Waals surface area contributed by atoms with Gasteiger partial charge in [-0.25, -0.2) is 4.79 Å². The van der Waals surface area contributed by atoms with Gasteiger partial charge < -0.3 is 19.5 Å². The minimum absolute atomic E-state index is 0.249. The fourth-order valence-corrected chi connectivity index (χ4v) is 2.33. The molecule has 0 fully saturated rings. The Labute approximate surface area is 157 Å². The Hall–Kier alpha value is -1.79.